The van der Waals surface area contributed by atoms with E-state index in [9.17, 15) is 13.2 Å². The highest BCUT2D eigenvalue weighted by Crippen LogP contribution is 2.01. The van der Waals surface area contributed by atoms with Crippen LogP contribution >= 0.6 is 12.4 Å². The molecule has 0 aliphatic carbocycles. The Hall–Kier alpha value is -0.370. The van der Waals surface area contributed by atoms with E-state index in [1.54, 1.807) is 0 Å². The van der Waals surface area contributed by atoms with Crippen LogP contribution in [0, 0.1) is 0 Å². The van der Waals surface area contributed by atoms with Crippen LogP contribution in [0.15, 0.2) is 0 Å². The number of likely N-dealkylation sites (N-methyl/N-ethyl adjacent to an activating group) is 1. The first kappa shape index (κ1) is 16.6. The highest BCUT2D eigenvalue weighted by Gasteiger charge is 2.19. The van der Waals surface area contributed by atoms with E-state index in [1.807, 2.05) is 0 Å². The van der Waals surface area contributed by atoms with E-state index in [2.05, 4.69) is 10.6 Å². The highest BCUT2D eigenvalue weighted by atomic mass is 35.5. The van der Waals surface area contributed by atoms with Crippen molar-refractivity contribution in [2.75, 3.05) is 32.9 Å². The summed E-state index contributed by atoms with van der Waals surface area (Å²) >= 11 is 0. The maximum Gasteiger partial charge on any atom is 0.235 e. The number of carbonyl (C=O) groups excluding carboxylic acids is 1. The lowest BCUT2D eigenvalue weighted by Crippen LogP contribution is -2.48. The van der Waals surface area contributed by atoms with Crippen LogP contribution < -0.4 is 10.6 Å². The molecule has 0 aromatic carbocycles. The molecule has 1 fully saturated rings. The molecule has 0 saturated carbocycles. The molecule has 6 nitrogen and oxygen atoms in total. The molecule has 1 aliphatic rings. The van der Waals surface area contributed by atoms with Crippen molar-refractivity contribution in [2.45, 2.75) is 18.9 Å². The van der Waals surface area contributed by atoms with Crippen LogP contribution in [0.4, 0.5) is 0 Å². The molecule has 0 radical (unpaired) electrons. The molecule has 0 aromatic heterocycles. The number of hydrogen-bond donors (Lipinski definition) is 2. The molecule has 102 valence electrons. The first-order valence-corrected chi connectivity index (χ1v) is 7.16. The quantitative estimate of drug-likeness (QED) is 0.707. The second-order valence-corrected chi connectivity index (χ2v) is 6.22. The first-order chi connectivity index (χ1) is 7.39. The normalized spacial score (nSPS) is 20.8. The molecule has 0 spiro atoms. The molecule has 1 atom stereocenters. The van der Waals surface area contributed by atoms with Gasteiger partial charge in [-0.05, 0) is 19.4 Å². The van der Waals surface area contributed by atoms with Gasteiger partial charge < -0.3 is 10.6 Å². The molecule has 1 aliphatic heterocycles. The summed E-state index contributed by atoms with van der Waals surface area (Å²) in [5.74, 6) is -0.248. The Morgan fingerprint density at radius 3 is 2.65 bits per heavy atom. The minimum absolute atomic E-state index is 0. The zero-order valence-electron chi connectivity index (χ0n) is 10.1. The third kappa shape index (κ3) is 6.21. The summed E-state index contributed by atoms with van der Waals surface area (Å²) < 4.78 is 23.2. The number of piperidine rings is 1. The Morgan fingerprint density at radius 2 is 2.18 bits per heavy atom. The van der Waals surface area contributed by atoms with Crippen LogP contribution in [0.25, 0.3) is 0 Å². The zero-order valence-corrected chi connectivity index (χ0v) is 11.7. The van der Waals surface area contributed by atoms with E-state index < -0.39 is 10.0 Å². The minimum atomic E-state index is -3.28. The molecule has 1 heterocycles. The van der Waals surface area contributed by atoms with Crippen LogP contribution in [-0.4, -0.2) is 57.6 Å². The standard InChI is InChI=1S/C9H19N3O3S.ClH/c1-12(16(2,14)15)7-9(13)11-8-4-3-5-10-6-8;/h8,10H,3-7H2,1-2H3,(H,11,13);1H/t8-;/m0./s1. The van der Waals surface area contributed by atoms with E-state index in [0.717, 1.165) is 36.5 Å². The second-order valence-electron chi connectivity index (χ2n) is 4.13. The van der Waals surface area contributed by atoms with E-state index >= 15 is 0 Å². The molecule has 0 unspecified atom stereocenters. The van der Waals surface area contributed by atoms with Gasteiger partial charge in [0, 0.05) is 19.6 Å². The SMILES string of the molecule is CN(CC(=O)N[C@H]1CCCNC1)S(C)(=O)=O.Cl. The van der Waals surface area contributed by atoms with E-state index in [1.165, 1.54) is 7.05 Å². The number of amides is 1. The van der Waals surface area contributed by atoms with Crippen molar-refractivity contribution in [3.63, 3.8) is 0 Å². The minimum Gasteiger partial charge on any atom is -0.351 e. The van der Waals surface area contributed by atoms with Gasteiger partial charge in [0.25, 0.3) is 0 Å². The van der Waals surface area contributed by atoms with Crippen molar-refractivity contribution in [3.8, 4) is 0 Å². The predicted octanol–water partition coefficient (Wildman–Crippen LogP) is -0.832. The van der Waals surface area contributed by atoms with Crippen molar-refractivity contribution in [3.05, 3.63) is 0 Å². The van der Waals surface area contributed by atoms with Crippen molar-refractivity contribution in [1.29, 1.82) is 0 Å². The van der Waals surface area contributed by atoms with Crippen LogP contribution in [0.5, 0.6) is 0 Å². The Balaban J connectivity index is 0.00000256. The maximum absolute atomic E-state index is 11.5. The van der Waals surface area contributed by atoms with E-state index in [4.69, 9.17) is 0 Å². The molecule has 1 saturated heterocycles. The fraction of sp³-hybridized carbons (Fsp3) is 0.889. The average Bonchev–Trinajstić information content (AvgIpc) is 2.17. The van der Waals surface area contributed by atoms with Gasteiger partial charge in [-0.3, -0.25) is 4.79 Å². The molecule has 2 N–H and O–H groups in total. The fourth-order valence-electron chi connectivity index (χ4n) is 1.57. The third-order valence-corrected chi connectivity index (χ3v) is 3.86. The fourth-order valence-corrected chi connectivity index (χ4v) is 1.92. The summed E-state index contributed by atoms with van der Waals surface area (Å²) in [7, 11) is -1.88. The predicted molar refractivity (Wildman–Crippen MR) is 68.8 cm³/mol. The summed E-state index contributed by atoms with van der Waals surface area (Å²) in [4.78, 5) is 11.5. The van der Waals surface area contributed by atoms with Gasteiger partial charge >= 0.3 is 0 Å². The Morgan fingerprint density at radius 1 is 1.53 bits per heavy atom. The topological polar surface area (TPSA) is 78.5 Å². The Labute approximate surface area is 109 Å². The zero-order chi connectivity index (χ0) is 12.2. The second kappa shape index (κ2) is 7.15. The average molecular weight is 286 g/mol. The van der Waals surface area contributed by atoms with Crippen molar-refractivity contribution in [2.24, 2.45) is 0 Å². The van der Waals surface area contributed by atoms with Crippen molar-refractivity contribution < 1.29 is 13.2 Å². The van der Waals surface area contributed by atoms with Gasteiger partial charge in [-0.15, -0.1) is 12.4 Å². The van der Waals surface area contributed by atoms with Gasteiger partial charge in [0.15, 0.2) is 0 Å². The highest BCUT2D eigenvalue weighted by molar-refractivity contribution is 7.88. The molecule has 8 heteroatoms. The van der Waals surface area contributed by atoms with Gasteiger partial charge in [-0.25, -0.2) is 8.42 Å². The largest absolute Gasteiger partial charge is 0.351 e. The number of nitrogens with zero attached hydrogens (tertiary/aromatic N) is 1. The number of hydrogen-bond acceptors (Lipinski definition) is 4. The first-order valence-electron chi connectivity index (χ1n) is 5.31. The lowest BCUT2D eigenvalue weighted by Gasteiger charge is -2.24. The van der Waals surface area contributed by atoms with Gasteiger partial charge in [0.1, 0.15) is 0 Å². The third-order valence-electron chi connectivity index (χ3n) is 2.59. The van der Waals surface area contributed by atoms with Crippen LogP contribution in [0.1, 0.15) is 12.8 Å². The summed E-state index contributed by atoms with van der Waals surface area (Å²) in [6, 6.07) is 0.120. The summed E-state index contributed by atoms with van der Waals surface area (Å²) in [6.45, 7) is 1.62. The summed E-state index contributed by atoms with van der Waals surface area (Å²) in [6.07, 6.45) is 3.07. The molecule has 17 heavy (non-hydrogen) atoms. The molecule has 1 amide bonds. The monoisotopic (exact) mass is 285 g/mol. The van der Waals surface area contributed by atoms with Gasteiger partial charge in [0.05, 0.1) is 12.8 Å². The Kier molecular flexibility index (Phi) is 6.99. The molecular formula is C9H20ClN3O3S. The van der Waals surface area contributed by atoms with E-state index in [0.29, 0.717) is 0 Å². The number of rotatable bonds is 4. The van der Waals surface area contributed by atoms with Gasteiger partial charge in [-0.1, -0.05) is 0 Å². The lowest BCUT2D eigenvalue weighted by molar-refractivity contribution is -0.121. The van der Waals surface area contributed by atoms with Gasteiger partial charge in [0.2, 0.25) is 15.9 Å². The summed E-state index contributed by atoms with van der Waals surface area (Å²) in [5.41, 5.74) is 0. The van der Waals surface area contributed by atoms with Crippen molar-refractivity contribution >= 4 is 28.3 Å². The van der Waals surface area contributed by atoms with Crippen LogP contribution in [-0.2, 0) is 14.8 Å². The lowest BCUT2D eigenvalue weighted by atomic mass is 10.1. The van der Waals surface area contributed by atoms with Crippen LogP contribution in [0.3, 0.4) is 0 Å². The molecular weight excluding hydrogens is 266 g/mol. The van der Waals surface area contributed by atoms with Crippen molar-refractivity contribution in [1.82, 2.24) is 14.9 Å². The Bertz CT molecular complexity index is 341. The number of carbonyl (C=O) groups is 1. The number of halogens is 1. The van der Waals surface area contributed by atoms with Gasteiger partial charge in [-0.2, -0.15) is 4.31 Å². The maximum atomic E-state index is 11.5. The summed E-state index contributed by atoms with van der Waals surface area (Å²) in [5, 5.41) is 5.99. The number of nitrogens with one attached hydrogen (secondary N) is 2. The van der Waals surface area contributed by atoms with E-state index in [-0.39, 0.29) is 30.9 Å². The molecule has 0 bridgehead atoms. The number of sulfonamides is 1. The smallest absolute Gasteiger partial charge is 0.235 e. The van der Waals surface area contributed by atoms with Crippen LogP contribution in [0.2, 0.25) is 0 Å². The molecule has 0 aromatic rings. The molecule has 1 rings (SSSR count).